The third-order valence-corrected chi connectivity index (χ3v) is 6.28. The van der Waals surface area contributed by atoms with Crippen LogP contribution in [0, 0.1) is 0 Å². The number of carbonyl (C=O) groups excluding carboxylic acids is 1. The number of sulfone groups is 1. The molecular weight excluding hydrogens is 403 g/mol. The third-order valence-electron chi connectivity index (χ3n) is 4.25. The van der Waals surface area contributed by atoms with E-state index in [4.69, 9.17) is 5.21 Å². The number of aryl methyl sites for hydroxylation is 1. The van der Waals surface area contributed by atoms with Crippen molar-refractivity contribution in [2.24, 2.45) is 0 Å². The molecule has 1 aromatic heterocycles. The van der Waals surface area contributed by atoms with E-state index < -0.39 is 26.9 Å². The molecule has 0 saturated carbocycles. The Balaban J connectivity index is 2.19. The molecule has 8 nitrogen and oxygen atoms in total. The van der Waals surface area contributed by atoms with Crippen molar-refractivity contribution in [3.05, 3.63) is 36.7 Å². The molecule has 0 spiro atoms. The van der Waals surface area contributed by atoms with E-state index in [9.17, 15) is 26.4 Å². The van der Waals surface area contributed by atoms with Crippen molar-refractivity contribution < 1.29 is 36.3 Å². The number of hydrogen-bond acceptors (Lipinski definition) is 6. The summed E-state index contributed by atoms with van der Waals surface area (Å²) in [7, 11) is -3.85. The molecule has 2 rings (SSSR count). The van der Waals surface area contributed by atoms with Crippen LogP contribution in [0.2, 0.25) is 0 Å². The number of alkyl halides is 3. The number of nitrogens with zero attached hydrogens (tertiary/aromatic N) is 2. The molecule has 0 fully saturated rings. The van der Waals surface area contributed by atoms with E-state index in [1.54, 1.807) is 6.07 Å². The quantitative estimate of drug-likeness (QED) is 0.524. The Morgan fingerprint density at radius 3 is 2.57 bits per heavy atom. The lowest BCUT2D eigenvalue weighted by molar-refractivity contribution is -0.274. The Morgan fingerprint density at radius 1 is 1.32 bits per heavy atom. The number of rotatable bonds is 7. The normalized spacial score (nSPS) is 14.4. The average Bonchev–Trinajstić information content (AvgIpc) is 3.05. The van der Waals surface area contributed by atoms with Crippen LogP contribution in [0.5, 0.6) is 5.75 Å². The van der Waals surface area contributed by atoms with Crippen molar-refractivity contribution in [3.8, 4) is 16.9 Å². The van der Waals surface area contributed by atoms with Crippen molar-refractivity contribution in [3.63, 3.8) is 0 Å². The van der Waals surface area contributed by atoms with Gasteiger partial charge in [-0.1, -0.05) is 12.1 Å². The number of aromatic nitrogens is 2. The number of benzene rings is 1. The maximum Gasteiger partial charge on any atom is 0.573 e. The molecule has 1 unspecified atom stereocenters. The van der Waals surface area contributed by atoms with Gasteiger partial charge in [-0.25, -0.2) is 13.9 Å². The highest BCUT2D eigenvalue weighted by atomic mass is 32.2. The first-order valence-electron chi connectivity index (χ1n) is 7.88. The minimum Gasteiger partial charge on any atom is -0.406 e. The zero-order valence-corrected chi connectivity index (χ0v) is 15.7. The van der Waals surface area contributed by atoms with Gasteiger partial charge in [0.25, 0.3) is 5.91 Å². The maximum absolute atomic E-state index is 12.3. The second-order valence-electron chi connectivity index (χ2n) is 6.26. The first-order chi connectivity index (χ1) is 12.9. The van der Waals surface area contributed by atoms with E-state index in [-0.39, 0.29) is 18.7 Å². The molecule has 1 heterocycles. The summed E-state index contributed by atoms with van der Waals surface area (Å²) in [6, 6.07) is 5.30. The topological polar surface area (TPSA) is 111 Å². The molecule has 0 radical (unpaired) electrons. The molecular formula is C16H18F3N3O5S. The van der Waals surface area contributed by atoms with Crippen molar-refractivity contribution in [2.75, 3.05) is 6.26 Å². The monoisotopic (exact) mass is 421 g/mol. The van der Waals surface area contributed by atoms with Gasteiger partial charge in [0.2, 0.25) is 0 Å². The summed E-state index contributed by atoms with van der Waals surface area (Å²) in [6.07, 6.45) is -1.24. The molecule has 0 aliphatic carbocycles. The summed E-state index contributed by atoms with van der Waals surface area (Å²) in [6.45, 7) is 1.19. The molecule has 154 valence electrons. The number of halogens is 3. The van der Waals surface area contributed by atoms with Crippen LogP contribution in [-0.4, -0.2) is 46.7 Å². The summed E-state index contributed by atoms with van der Waals surface area (Å²) < 4.78 is 64.3. The summed E-state index contributed by atoms with van der Waals surface area (Å²) in [5.41, 5.74) is 2.23. The summed E-state index contributed by atoms with van der Waals surface area (Å²) in [4.78, 5) is 11.8. The molecule has 0 bridgehead atoms. The van der Waals surface area contributed by atoms with Crippen molar-refractivity contribution in [1.82, 2.24) is 15.3 Å². The van der Waals surface area contributed by atoms with Crippen molar-refractivity contribution in [2.45, 2.75) is 31.0 Å². The molecule has 12 heteroatoms. The fourth-order valence-electron chi connectivity index (χ4n) is 2.42. The van der Waals surface area contributed by atoms with E-state index in [1.165, 1.54) is 41.6 Å². The van der Waals surface area contributed by atoms with Gasteiger partial charge >= 0.3 is 6.36 Å². The van der Waals surface area contributed by atoms with E-state index in [0.29, 0.717) is 11.1 Å². The van der Waals surface area contributed by atoms with Gasteiger partial charge in [-0.15, -0.1) is 13.2 Å². The first-order valence-corrected chi connectivity index (χ1v) is 9.77. The minimum absolute atomic E-state index is 0.00965. The van der Waals surface area contributed by atoms with E-state index >= 15 is 0 Å². The number of ether oxygens (including phenoxy) is 1. The van der Waals surface area contributed by atoms with Crippen LogP contribution in [0.1, 0.15) is 13.3 Å². The third kappa shape index (κ3) is 5.01. The fourth-order valence-corrected chi connectivity index (χ4v) is 3.27. The highest BCUT2D eigenvalue weighted by molar-refractivity contribution is 7.92. The SMILES string of the molecule is CC(CCn1cc(-c2cccc(OC(F)(F)F)c2)cn1)(C(=O)NO)S(C)(=O)=O. The average molecular weight is 421 g/mol. The molecule has 28 heavy (non-hydrogen) atoms. The predicted octanol–water partition coefficient (Wildman–Crippen LogP) is 2.15. The number of amides is 1. The minimum atomic E-state index is -4.81. The molecule has 1 atom stereocenters. The molecule has 2 aromatic rings. The molecule has 1 amide bonds. The zero-order valence-electron chi connectivity index (χ0n) is 14.9. The van der Waals surface area contributed by atoms with Crippen LogP contribution in [-0.2, 0) is 21.2 Å². The fraction of sp³-hybridized carbons (Fsp3) is 0.375. The Bertz CT molecular complexity index is 958. The van der Waals surface area contributed by atoms with Gasteiger partial charge in [-0.2, -0.15) is 5.10 Å². The number of nitrogens with one attached hydrogen (secondary N) is 1. The van der Waals surface area contributed by atoms with Crippen LogP contribution >= 0.6 is 0 Å². The van der Waals surface area contributed by atoms with Crippen LogP contribution in [0.3, 0.4) is 0 Å². The van der Waals surface area contributed by atoms with Gasteiger partial charge in [0.05, 0.1) is 6.20 Å². The lowest BCUT2D eigenvalue weighted by Gasteiger charge is -2.24. The Labute approximate surface area is 158 Å². The highest BCUT2D eigenvalue weighted by Crippen LogP contribution is 2.28. The number of hydroxylamine groups is 1. The van der Waals surface area contributed by atoms with Gasteiger partial charge in [-0.05, 0) is 31.0 Å². The molecule has 0 aliphatic heterocycles. The van der Waals surface area contributed by atoms with E-state index in [0.717, 1.165) is 12.3 Å². The number of carbonyl (C=O) groups is 1. The van der Waals surface area contributed by atoms with Crippen molar-refractivity contribution in [1.29, 1.82) is 0 Å². The van der Waals surface area contributed by atoms with Crippen LogP contribution in [0.15, 0.2) is 36.7 Å². The van der Waals surface area contributed by atoms with E-state index in [2.05, 4.69) is 9.84 Å². The first kappa shape index (κ1) is 21.7. The predicted molar refractivity (Wildman–Crippen MR) is 92.1 cm³/mol. The standard InChI is InChI=1S/C16H18F3N3O5S/c1-15(14(23)21-24,28(2,25)26)6-7-22-10-12(9-20-22)11-4-3-5-13(8-11)27-16(17,18)19/h3-5,8-10,24H,6-7H2,1-2H3,(H,21,23). The van der Waals surface area contributed by atoms with Gasteiger partial charge in [0.1, 0.15) is 5.75 Å². The largest absolute Gasteiger partial charge is 0.573 e. The number of hydrogen-bond donors (Lipinski definition) is 2. The van der Waals surface area contributed by atoms with Crippen LogP contribution < -0.4 is 10.2 Å². The molecule has 1 aromatic carbocycles. The maximum atomic E-state index is 12.3. The van der Waals surface area contributed by atoms with Gasteiger partial charge in [0, 0.05) is 24.6 Å². The summed E-state index contributed by atoms with van der Waals surface area (Å²) >= 11 is 0. The summed E-state index contributed by atoms with van der Waals surface area (Å²) in [5.74, 6) is -1.46. The molecule has 0 saturated heterocycles. The summed E-state index contributed by atoms with van der Waals surface area (Å²) in [5, 5.41) is 12.8. The lowest BCUT2D eigenvalue weighted by atomic mass is 10.1. The highest BCUT2D eigenvalue weighted by Gasteiger charge is 2.43. The Morgan fingerprint density at radius 2 is 2.00 bits per heavy atom. The second-order valence-corrected chi connectivity index (χ2v) is 8.71. The van der Waals surface area contributed by atoms with E-state index in [1.807, 2.05) is 0 Å². The van der Waals surface area contributed by atoms with Gasteiger partial charge in [-0.3, -0.25) is 14.7 Å². The molecule has 2 N–H and O–H groups in total. The lowest BCUT2D eigenvalue weighted by Crippen LogP contribution is -2.49. The van der Waals surface area contributed by atoms with Crippen molar-refractivity contribution >= 4 is 15.7 Å². The van der Waals surface area contributed by atoms with Crippen LogP contribution in [0.4, 0.5) is 13.2 Å². The second kappa shape index (κ2) is 7.80. The van der Waals surface area contributed by atoms with Gasteiger partial charge < -0.3 is 4.74 Å². The molecule has 0 aliphatic rings. The zero-order chi connectivity index (χ0) is 21.2. The smallest absolute Gasteiger partial charge is 0.406 e. The van der Waals surface area contributed by atoms with Gasteiger partial charge in [0.15, 0.2) is 14.6 Å². The Hall–Kier alpha value is -2.60. The Kier molecular flexibility index (Phi) is 6.04. The van der Waals surface area contributed by atoms with Crippen LogP contribution in [0.25, 0.3) is 11.1 Å².